The molecule has 0 aliphatic heterocycles. The number of carbonyl (C=O) groups is 2. The zero-order chi connectivity index (χ0) is 23.3. The molecule has 5 nitrogen and oxygen atoms in total. The fourth-order valence-electron chi connectivity index (χ4n) is 3.00. The van der Waals surface area contributed by atoms with Crippen LogP contribution in [0.2, 0.25) is 0 Å². The molecule has 3 aromatic rings. The SMILES string of the molecule is Cc1ccc(C(=O)Nc2ccc(NC(=S)NC(=O)c3ccc(C(C)(C)C)cc3)cc2)cc1. The van der Waals surface area contributed by atoms with Gasteiger partial charge in [-0.2, -0.15) is 0 Å². The zero-order valence-corrected chi connectivity index (χ0v) is 19.5. The molecule has 3 aromatic carbocycles. The Labute approximate surface area is 194 Å². The number of hydrogen-bond acceptors (Lipinski definition) is 3. The summed E-state index contributed by atoms with van der Waals surface area (Å²) in [5.74, 6) is -0.448. The molecule has 0 saturated carbocycles. The summed E-state index contributed by atoms with van der Waals surface area (Å²) in [6.45, 7) is 8.35. The van der Waals surface area contributed by atoms with E-state index in [1.807, 2.05) is 31.2 Å². The molecule has 0 spiro atoms. The number of carbonyl (C=O) groups excluding carboxylic acids is 2. The number of amides is 2. The van der Waals surface area contributed by atoms with Crippen molar-refractivity contribution in [2.24, 2.45) is 0 Å². The molecule has 164 valence electrons. The molecule has 0 saturated heterocycles. The second kappa shape index (κ2) is 9.75. The largest absolute Gasteiger partial charge is 0.332 e. The van der Waals surface area contributed by atoms with Crippen molar-refractivity contribution < 1.29 is 9.59 Å². The Hall–Kier alpha value is -3.51. The fraction of sp³-hybridized carbons (Fsp3) is 0.192. The monoisotopic (exact) mass is 445 g/mol. The van der Waals surface area contributed by atoms with Gasteiger partial charge in [-0.1, -0.05) is 50.6 Å². The Morgan fingerprint density at radius 1 is 0.688 bits per heavy atom. The average Bonchev–Trinajstić information content (AvgIpc) is 2.75. The summed E-state index contributed by atoms with van der Waals surface area (Å²) in [6, 6.07) is 22.0. The molecule has 32 heavy (non-hydrogen) atoms. The van der Waals surface area contributed by atoms with Crippen LogP contribution in [0.1, 0.15) is 52.6 Å². The summed E-state index contributed by atoms with van der Waals surface area (Å²) >= 11 is 5.26. The number of anilines is 2. The summed E-state index contributed by atoms with van der Waals surface area (Å²) in [6.07, 6.45) is 0. The molecule has 0 aromatic heterocycles. The van der Waals surface area contributed by atoms with Gasteiger partial charge in [0, 0.05) is 22.5 Å². The van der Waals surface area contributed by atoms with Gasteiger partial charge in [-0.25, -0.2) is 0 Å². The van der Waals surface area contributed by atoms with Gasteiger partial charge in [0.1, 0.15) is 0 Å². The Bertz CT molecular complexity index is 1110. The molecule has 2 amide bonds. The van der Waals surface area contributed by atoms with Gasteiger partial charge in [-0.15, -0.1) is 0 Å². The van der Waals surface area contributed by atoms with Crippen LogP contribution in [0.4, 0.5) is 11.4 Å². The lowest BCUT2D eigenvalue weighted by atomic mass is 9.87. The van der Waals surface area contributed by atoms with Crippen LogP contribution in [0.15, 0.2) is 72.8 Å². The maximum atomic E-state index is 12.5. The first-order valence-corrected chi connectivity index (χ1v) is 10.7. The van der Waals surface area contributed by atoms with Crippen LogP contribution in [0.5, 0.6) is 0 Å². The number of benzene rings is 3. The molecule has 0 fully saturated rings. The summed E-state index contributed by atoms with van der Waals surface area (Å²) in [4.78, 5) is 24.8. The molecular weight excluding hydrogens is 418 g/mol. The lowest BCUT2D eigenvalue weighted by Gasteiger charge is -2.19. The summed E-state index contributed by atoms with van der Waals surface area (Å²) in [5.41, 5.74) is 4.78. The van der Waals surface area contributed by atoms with Crippen LogP contribution in [0, 0.1) is 6.92 Å². The van der Waals surface area contributed by atoms with Crippen LogP contribution >= 0.6 is 12.2 Å². The topological polar surface area (TPSA) is 70.2 Å². The normalized spacial score (nSPS) is 10.9. The lowest BCUT2D eigenvalue weighted by Crippen LogP contribution is -2.34. The highest BCUT2D eigenvalue weighted by Crippen LogP contribution is 2.22. The molecule has 0 aliphatic carbocycles. The van der Waals surface area contributed by atoms with Crippen LogP contribution in [0.25, 0.3) is 0 Å². The number of thiocarbonyl (C=S) groups is 1. The van der Waals surface area contributed by atoms with Gasteiger partial charge >= 0.3 is 0 Å². The van der Waals surface area contributed by atoms with Crippen LogP contribution in [-0.4, -0.2) is 16.9 Å². The van der Waals surface area contributed by atoms with E-state index in [4.69, 9.17) is 12.2 Å². The Balaban J connectivity index is 1.54. The molecule has 3 rings (SSSR count). The van der Waals surface area contributed by atoms with E-state index in [2.05, 4.69) is 36.7 Å². The second-order valence-corrected chi connectivity index (χ2v) is 9.04. The van der Waals surface area contributed by atoms with Gasteiger partial charge in [0.25, 0.3) is 11.8 Å². The van der Waals surface area contributed by atoms with Gasteiger partial charge in [0.05, 0.1) is 0 Å². The number of aryl methyl sites for hydroxylation is 1. The predicted octanol–water partition coefficient (Wildman–Crippen LogP) is 5.67. The van der Waals surface area contributed by atoms with Crippen molar-refractivity contribution in [3.05, 3.63) is 95.1 Å². The van der Waals surface area contributed by atoms with Crippen LogP contribution in [-0.2, 0) is 5.41 Å². The lowest BCUT2D eigenvalue weighted by molar-refractivity contribution is 0.0976. The van der Waals surface area contributed by atoms with Crippen molar-refractivity contribution in [3.63, 3.8) is 0 Å². The van der Waals surface area contributed by atoms with Crippen molar-refractivity contribution in [1.29, 1.82) is 0 Å². The molecule has 0 bridgehead atoms. The molecule has 6 heteroatoms. The smallest absolute Gasteiger partial charge is 0.257 e. The summed E-state index contributed by atoms with van der Waals surface area (Å²) in [5, 5.41) is 8.73. The number of nitrogens with one attached hydrogen (secondary N) is 3. The van der Waals surface area contributed by atoms with E-state index in [0.29, 0.717) is 22.5 Å². The van der Waals surface area contributed by atoms with Crippen LogP contribution in [0.3, 0.4) is 0 Å². The minimum absolute atomic E-state index is 0.0254. The van der Waals surface area contributed by atoms with E-state index >= 15 is 0 Å². The first-order chi connectivity index (χ1) is 15.1. The van der Waals surface area contributed by atoms with Crippen molar-refractivity contribution >= 4 is 40.5 Å². The van der Waals surface area contributed by atoms with Crippen molar-refractivity contribution in [1.82, 2.24) is 5.32 Å². The first-order valence-electron chi connectivity index (χ1n) is 10.3. The Morgan fingerprint density at radius 2 is 1.16 bits per heavy atom. The molecule has 3 N–H and O–H groups in total. The van der Waals surface area contributed by atoms with Gasteiger partial charge in [-0.05, 0) is 78.7 Å². The highest BCUT2D eigenvalue weighted by molar-refractivity contribution is 7.80. The van der Waals surface area contributed by atoms with E-state index in [1.165, 1.54) is 0 Å². The minimum Gasteiger partial charge on any atom is -0.332 e. The third kappa shape index (κ3) is 6.25. The average molecular weight is 446 g/mol. The van der Waals surface area contributed by atoms with Crippen molar-refractivity contribution in [2.45, 2.75) is 33.1 Å². The van der Waals surface area contributed by atoms with Gasteiger partial charge < -0.3 is 10.6 Å². The minimum atomic E-state index is -0.273. The second-order valence-electron chi connectivity index (χ2n) is 8.63. The Kier molecular flexibility index (Phi) is 7.05. The summed E-state index contributed by atoms with van der Waals surface area (Å²) < 4.78 is 0. The van der Waals surface area contributed by atoms with E-state index in [9.17, 15) is 9.59 Å². The quantitative estimate of drug-likeness (QED) is 0.453. The third-order valence-corrected chi connectivity index (χ3v) is 5.16. The van der Waals surface area contributed by atoms with Gasteiger partial charge in [0.15, 0.2) is 5.11 Å². The third-order valence-electron chi connectivity index (χ3n) is 4.95. The molecule has 0 atom stereocenters. The number of rotatable bonds is 4. The van der Waals surface area contributed by atoms with E-state index in [0.717, 1.165) is 11.1 Å². The first kappa shape index (κ1) is 23.2. The molecule has 0 heterocycles. The maximum absolute atomic E-state index is 12.5. The summed E-state index contributed by atoms with van der Waals surface area (Å²) in [7, 11) is 0. The molecule has 0 aliphatic rings. The van der Waals surface area contributed by atoms with Crippen molar-refractivity contribution in [2.75, 3.05) is 10.6 Å². The fourth-order valence-corrected chi connectivity index (χ4v) is 3.21. The standard InChI is InChI=1S/C26H27N3O2S/c1-17-5-7-18(8-6-17)23(30)27-21-13-15-22(16-14-21)28-25(32)29-24(31)19-9-11-20(12-10-19)26(2,3)4/h5-16H,1-4H3,(H,27,30)(H2,28,29,31,32). The zero-order valence-electron chi connectivity index (χ0n) is 18.7. The Morgan fingerprint density at radius 3 is 1.69 bits per heavy atom. The van der Waals surface area contributed by atoms with E-state index in [1.54, 1.807) is 48.5 Å². The number of hydrogen-bond donors (Lipinski definition) is 3. The van der Waals surface area contributed by atoms with E-state index in [-0.39, 0.29) is 22.3 Å². The molecule has 0 radical (unpaired) electrons. The maximum Gasteiger partial charge on any atom is 0.257 e. The molecular formula is C26H27N3O2S. The highest BCUT2D eigenvalue weighted by Gasteiger charge is 2.15. The van der Waals surface area contributed by atoms with Gasteiger partial charge in [0.2, 0.25) is 0 Å². The molecule has 0 unspecified atom stereocenters. The predicted molar refractivity (Wildman–Crippen MR) is 134 cm³/mol. The van der Waals surface area contributed by atoms with E-state index < -0.39 is 0 Å². The van der Waals surface area contributed by atoms with Gasteiger partial charge in [-0.3, -0.25) is 14.9 Å². The van der Waals surface area contributed by atoms with Crippen LogP contribution < -0.4 is 16.0 Å². The highest BCUT2D eigenvalue weighted by atomic mass is 32.1. The van der Waals surface area contributed by atoms with Crippen molar-refractivity contribution in [3.8, 4) is 0 Å².